The first-order chi connectivity index (χ1) is 14.3. The van der Waals surface area contributed by atoms with E-state index in [1.807, 2.05) is 6.20 Å². The predicted molar refractivity (Wildman–Crippen MR) is 107 cm³/mol. The van der Waals surface area contributed by atoms with Crippen LogP contribution in [-0.4, -0.2) is 59.4 Å². The Morgan fingerprint density at radius 1 is 1.03 bits per heavy atom. The monoisotopic (exact) mass is 397 g/mol. The van der Waals surface area contributed by atoms with Crippen molar-refractivity contribution in [2.24, 2.45) is 5.92 Å². The molecule has 2 aromatic rings. The molecule has 1 aliphatic carbocycles. The Hall–Kier alpha value is -2.36. The van der Waals surface area contributed by atoms with Crippen LogP contribution >= 0.6 is 0 Å². The largest absolute Gasteiger partial charge is 0.480 e. The maximum atomic E-state index is 5.46. The molecule has 4 heterocycles. The van der Waals surface area contributed by atoms with Crippen molar-refractivity contribution in [3.05, 3.63) is 36.2 Å². The summed E-state index contributed by atoms with van der Waals surface area (Å²) in [7, 11) is 1.61. The van der Waals surface area contributed by atoms with Gasteiger partial charge < -0.3 is 14.4 Å². The quantitative estimate of drug-likeness (QED) is 0.789. The Balaban J connectivity index is 1.33. The molecule has 2 aliphatic heterocycles. The van der Waals surface area contributed by atoms with Crippen LogP contribution in [0.3, 0.4) is 0 Å². The van der Waals surface area contributed by atoms with Gasteiger partial charge in [0, 0.05) is 31.1 Å². The van der Waals surface area contributed by atoms with Crippen LogP contribution < -0.4 is 20.5 Å². The standard InChI is InChI=1S/C20H27N7O2/c1-28-19-11-21-17(10-22-19)13-2-3-15-14(8-13)20(26-25-15)16-9-18(24-12-23-16)27-4-6-29-7-5-27/h9-15,20,25-26H,2-8H2,1H3. The summed E-state index contributed by atoms with van der Waals surface area (Å²) in [5.41, 5.74) is 9.08. The number of anilines is 1. The molecule has 9 heteroatoms. The zero-order valence-corrected chi connectivity index (χ0v) is 16.6. The number of fused-ring (bicyclic) bond motifs is 1. The molecule has 2 N–H and O–H groups in total. The van der Waals surface area contributed by atoms with Gasteiger partial charge in [-0.1, -0.05) is 0 Å². The van der Waals surface area contributed by atoms with E-state index < -0.39 is 0 Å². The molecule has 9 nitrogen and oxygen atoms in total. The molecule has 2 saturated heterocycles. The molecule has 4 atom stereocenters. The Bertz CT molecular complexity index is 828. The Kier molecular flexibility index (Phi) is 5.26. The zero-order chi connectivity index (χ0) is 19.6. The van der Waals surface area contributed by atoms with Gasteiger partial charge in [-0.2, -0.15) is 0 Å². The number of aromatic nitrogens is 4. The molecule has 4 unspecified atom stereocenters. The molecule has 1 saturated carbocycles. The van der Waals surface area contributed by atoms with Gasteiger partial charge in [-0.05, 0) is 25.2 Å². The fourth-order valence-electron chi connectivity index (χ4n) is 4.76. The van der Waals surface area contributed by atoms with Gasteiger partial charge in [0.25, 0.3) is 0 Å². The van der Waals surface area contributed by atoms with E-state index in [1.165, 1.54) is 0 Å². The summed E-state index contributed by atoms with van der Waals surface area (Å²) >= 11 is 0. The molecule has 29 heavy (non-hydrogen) atoms. The van der Waals surface area contributed by atoms with Gasteiger partial charge in [-0.15, -0.1) is 0 Å². The van der Waals surface area contributed by atoms with Crippen molar-refractivity contribution in [1.29, 1.82) is 0 Å². The third kappa shape index (κ3) is 3.77. The molecular formula is C20H27N7O2. The smallest absolute Gasteiger partial charge is 0.231 e. The average molecular weight is 397 g/mol. The summed E-state index contributed by atoms with van der Waals surface area (Å²) in [4.78, 5) is 20.3. The van der Waals surface area contributed by atoms with Crippen molar-refractivity contribution in [1.82, 2.24) is 30.8 Å². The minimum atomic E-state index is 0.164. The summed E-state index contributed by atoms with van der Waals surface area (Å²) in [5, 5.41) is 0. The van der Waals surface area contributed by atoms with E-state index in [0.29, 0.717) is 23.8 Å². The van der Waals surface area contributed by atoms with Crippen molar-refractivity contribution in [3.63, 3.8) is 0 Å². The Morgan fingerprint density at radius 2 is 1.93 bits per heavy atom. The summed E-state index contributed by atoms with van der Waals surface area (Å²) in [6.07, 6.45) is 8.51. The fourth-order valence-corrected chi connectivity index (χ4v) is 4.76. The van der Waals surface area contributed by atoms with E-state index >= 15 is 0 Å². The molecule has 0 amide bonds. The number of morpholine rings is 1. The molecule has 154 valence electrons. The van der Waals surface area contributed by atoms with Crippen LogP contribution in [0.2, 0.25) is 0 Å². The van der Waals surface area contributed by atoms with E-state index in [2.05, 4.69) is 41.8 Å². The van der Waals surface area contributed by atoms with Crippen LogP contribution in [0.4, 0.5) is 5.82 Å². The number of ether oxygens (including phenoxy) is 2. The second kappa shape index (κ2) is 8.17. The van der Waals surface area contributed by atoms with Crippen molar-refractivity contribution < 1.29 is 9.47 Å². The highest BCUT2D eigenvalue weighted by molar-refractivity contribution is 5.40. The summed E-state index contributed by atoms with van der Waals surface area (Å²) in [5.74, 6) is 2.39. The lowest BCUT2D eigenvalue weighted by atomic mass is 9.74. The fraction of sp³-hybridized carbons (Fsp3) is 0.600. The van der Waals surface area contributed by atoms with E-state index in [4.69, 9.17) is 9.47 Å². The van der Waals surface area contributed by atoms with Crippen LogP contribution in [0, 0.1) is 5.92 Å². The summed E-state index contributed by atoms with van der Waals surface area (Å²) < 4.78 is 10.6. The van der Waals surface area contributed by atoms with Gasteiger partial charge >= 0.3 is 0 Å². The predicted octanol–water partition coefficient (Wildman–Crippen LogP) is 1.21. The lowest BCUT2D eigenvalue weighted by Gasteiger charge is -2.33. The number of nitrogens with zero attached hydrogens (tertiary/aromatic N) is 5. The topological polar surface area (TPSA) is 97.3 Å². The molecule has 0 spiro atoms. The third-order valence-electron chi connectivity index (χ3n) is 6.36. The third-order valence-corrected chi connectivity index (χ3v) is 6.36. The van der Waals surface area contributed by atoms with E-state index in [0.717, 1.165) is 62.8 Å². The highest BCUT2D eigenvalue weighted by Gasteiger charge is 2.42. The highest BCUT2D eigenvalue weighted by atomic mass is 16.5. The van der Waals surface area contributed by atoms with Gasteiger partial charge in [0.05, 0.1) is 50.1 Å². The SMILES string of the molecule is COc1cnc(C2CCC3NNC(c4cc(N5CCOCC5)ncn4)C3C2)cn1. The van der Waals surface area contributed by atoms with Crippen molar-refractivity contribution in [2.75, 3.05) is 38.3 Å². The normalized spacial score (nSPS) is 29.5. The minimum Gasteiger partial charge on any atom is -0.480 e. The lowest BCUT2D eigenvalue weighted by Crippen LogP contribution is -2.37. The van der Waals surface area contributed by atoms with E-state index in [1.54, 1.807) is 19.6 Å². The van der Waals surface area contributed by atoms with Gasteiger partial charge in [0.15, 0.2) is 0 Å². The molecule has 3 fully saturated rings. The van der Waals surface area contributed by atoms with Crippen LogP contribution in [0.1, 0.15) is 42.6 Å². The first kappa shape index (κ1) is 18.7. The summed E-state index contributed by atoms with van der Waals surface area (Å²) in [6, 6.07) is 2.74. The summed E-state index contributed by atoms with van der Waals surface area (Å²) in [6.45, 7) is 3.24. The average Bonchev–Trinajstić information content (AvgIpc) is 3.23. The highest BCUT2D eigenvalue weighted by Crippen LogP contribution is 2.43. The second-order valence-corrected chi connectivity index (χ2v) is 7.93. The van der Waals surface area contributed by atoms with Gasteiger partial charge in [-0.25, -0.2) is 20.4 Å². The maximum absolute atomic E-state index is 5.46. The van der Waals surface area contributed by atoms with E-state index in [9.17, 15) is 0 Å². The molecule has 0 bridgehead atoms. The Morgan fingerprint density at radius 3 is 2.72 bits per heavy atom. The maximum Gasteiger partial charge on any atom is 0.231 e. The molecule has 0 aromatic carbocycles. The first-order valence-corrected chi connectivity index (χ1v) is 10.3. The van der Waals surface area contributed by atoms with Crippen molar-refractivity contribution in [3.8, 4) is 5.88 Å². The minimum absolute atomic E-state index is 0.164. The molecule has 0 radical (unpaired) electrons. The van der Waals surface area contributed by atoms with Crippen LogP contribution in [0.15, 0.2) is 24.8 Å². The number of methoxy groups -OCH3 is 1. The van der Waals surface area contributed by atoms with Crippen LogP contribution in [0.5, 0.6) is 5.88 Å². The number of rotatable bonds is 4. The molecule has 3 aliphatic rings. The van der Waals surface area contributed by atoms with Crippen molar-refractivity contribution >= 4 is 5.82 Å². The van der Waals surface area contributed by atoms with Crippen molar-refractivity contribution in [2.45, 2.75) is 37.3 Å². The van der Waals surface area contributed by atoms with Gasteiger partial charge in [-0.3, -0.25) is 10.4 Å². The van der Waals surface area contributed by atoms with Crippen LogP contribution in [-0.2, 0) is 4.74 Å². The number of hydrogen-bond acceptors (Lipinski definition) is 9. The molecule has 5 rings (SSSR count). The number of hydrazine groups is 1. The Labute approximate surface area is 170 Å². The number of hydrogen-bond donors (Lipinski definition) is 2. The molecular weight excluding hydrogens is 370 g/mol. The number of nitrogens with one attached hydrogen (secondary N) is 2. The molecule has 2 aromatic heterocycles. The van der Waals surface area contributed by atoms with Gasteiger partial charge in [0.2, 0.25) is 5.88 Å². The first-order valence-electron chi connectivity index (χ1n) is 10.3. The van der Waals surface area contributed by atoms with Crippen LogP contribution in [0.25, 0.3) is 0 Å². The van der Waals surface area contributed by atoms with E-state index in [-0.39, 0.29) is 6.04 Å². The lowest BCUT2D eigenvalue weighted by molar-refractivity contribution is 0.122. The zero-order valence-electron chi connectivity index (χ0n) is 16.6. The second-order valence-electron chi connectivity index (χ2n) is 7.93. The van der Waals surface area contributed by atoms with Gasteiger partial charge in [0.1, 0.15) is 12.1 Å².